The van der Waals surface area contributed by atoms with Gasteiger partial charge < -0.3 is 10.6 Å². The Morgan fingerprint density at radius 2 is 2.10 bits per heavy atom. The molecular formula is C12H21N5O3S. The molecule has 1 aromatic rings. The van der Waals surface area contributed by atoms with Gasteiger partial charge >= 0.3 is 6.03 Å². The van der Waals surface area contributed by atoms with Crippen molar-refractivity contribution >= 4 is 21.7 Å². The lowest BCUT2D eigenvalue weighted by Crippen LogP contribution is -2.47. The Labute approximate surface area is 124 Å². The number of nitrogens with zero attached hydrogens (tertiary/aromatic N) is 3. The number of urea groups is 1. The van der Waals surface area contributed by atoms with Crippen LogP contribution in [0.2, 0.25) is 0 Å². The molecule has 2 heterocycles. The van der Waals surface area contributed by atoms with Gasteiger partial charge in [-0.1, -0.05) is 0 Å². The first-order chi connectivity index (χ1) is 9.88. The highest BCUT2D eigenvalue weighted by molar-refractivity contribution is 7.88. The van der Waals surface area contributed by atoms with Gasteiger partial charge in [0.25, 0.3) is 0 Å². The third-order valence-electron chi connectivity index (χ3n) is 3.47. The monoisotopic (exact) mass is 315 g/mol. The van der Waals surface area contributed by atoms with Gasteiger partial charge in [0, 0.05) is 31.9 Å². The van der Waals surface area contributed by atoms with Gasteiger partial charge in [-0.3, -0.25) is 4.68 Å². The SMILES string of the molecule is CCn1cc(NC(=O)NC2CCN(S(C)(=O)=O)CC2)cn1. The van der Waals surface area contributed by atoms with E-state index in [-0.39, 0.29) is 12.1 Å². The van der Waals surface area contributed by atoms with Gasteiger partial charge in [0.2, 0.25) is 10.0 Å². The van der Waals surface area contributed by atoms with Crippen molar-refractivity contribution in [3.8, 4) is 0 Å². The zero-order chi connectivity index (χ0) is 15.5. The third-order valence-corrected chi connectivity index (χ3v) is 4.78. The fraction of sp³-hybridized carbons (Fsp3) is 0.667. The molecule has 2 N–H and O–H groups in total. The number of carbonyl (C=O) groups is 1. The van der Waals surface area contributed by atoms with Crippen LogP contribution < -0.4 is 10.6 Å². The van der Waals surface area contributed by atoms with Crippen molar-refractivity contribution in [1.82, 2.24) is 19.4 Å². The summed E-state index contributed by atoms with van der Waals surface area (Å²) in [5, 5.41) is 9.65. The van der Waals surface area contributed by atoms with Crippen molar-refractivity contribution in [3.63, 3.8) is 0 Å². The maximum absolute atomic E-state index is 11.9. The third kappa shape index (κ3) is 4.43. The zero-order valence-electron chi connectivity index (χ0n) is 12.2. The fourth-order valence-corrected chi connectivity index (χ4v) is 3.16. The molecule has 0 unspecified atom stereocenters. The summed E-state index contributed by atoms with van der Waals surface area (Å²) in [5.74, 6) is 0. The van der Waals surface area contributed by atoms with E-state index in [1.807, 2.05) is 6.92 Å². The van der Waals surface area contributed by atoms with Crippen molar-refractivity contribution in [3.05, 3.63) is 12.4 Å². The highest BCUT2D eigenvalue weighted by atomic mass is 32.2. The molecule has 0 bridgehead atoms. The van der Waals surface area contributed by atoms with Crippen LogP contribution in [0, 0.1) is 0 Å². The minimum absolute atomic E-state index is 0.00998. The average molecular weight is 315 g/mol. The summed E-state index contributed by atoms with van der Waals surface area (Å²) in [4.78, 5) is 11.9. The van der Waals surface area contributed by atoms with E-state index in [4.69, 9.17) is 0 Å². The maximum Gasteiger partial charge on any atom is 0.319 e. The molecule has 2 rings (SSSR count). The predicted molar refractivity (Wildman–Crippen MR) is 79.5 cm³/mol. The molecule has 118 valence electrons. The second-order valence-electron chi connectivity index (χ2n) is 5.12. The molecule has 0 aromatic carbocycles. The summed E-state index contributed by atoms with van der Waals surface area (Å²) in [5.41, 5.74) is 0.642. The maximum atomic E-state index is 11.9. The van der Waals surface area contributed by atoms with Crippen molar-refractivity contribution in [1.29, 1.82) is 0 Å². The van der Waals surface area contributed by atoms with Crippen molar-refractivity contribution in [2.24, 2.45) is 0 Å². The number of hydrogen-bond donors (Lipinski definition) is 2. The number of rotatable bonds is 4. The van der Waals surface area contributed by atoms with Gasteiger partial charge in [-0.05, 0) is 19.8 Å². The standard InChI is InChI=1S/C12H21N5O3S/c1-3-16-9-11(8-13-16)15-12(18)14-10-4-6-17(7-5-10)21(2,19)20/h8-10H,3-7H2,1-2H3,(H2,14,15,18). The molecule has 0 aliphatic carbocycles. The van der Waals surface area contributed by atoms with Gasteiger partial charge in [0.05, 0.1) is 18.1 Å². The number of nitrogens with one attached hydrogen (secondary N) is 2. The summed E-state index contributed by atoms with van der Waals surface area (Å²) in [6.07, 6.45) is 5.80. The predicted octanol–water partition coefficient (Wildman–Crippen LogP) is 0.448. The molecule has 1 saturated heterocycles. The van der Waals surface area contributed by atoms with E-state index in [9.17, 15) is 13.2 Å². The number of sulfonamides is 1. The first-order valence-electron chi connectivity index (χ1n) is 6.93. The molecule has 0 saturated carbocycles. The first-order valence-corrected chi connectivity index (χ1v) is 8.78. The molecule has 21 heavy (non-hydrogen) atoms. The lowest BCUT2D eigenvalue weighted by atomic mass is 10.1. The minimum Gasteiger partial charge on any atom is -0.335 e. The van der Waals surface area contributed by atoms with Gasteiger partial charge in [-0.15, -0.1) is 0 Å². The molecule has 8 nitrogen and oxygen atoms in total. The number of anilines is 1. The summed E-state index contributed by atoms with van der Waals surface area (Å²) in [7, 11) is -3.13. The number of piperidine rings is 1. The van der Waals surface area contributed by atoms with Crippen LogP contribution in [0.25, 0.3) is 0 Å². The molecule has 1 fully saturated rings. The zero-order valence-corrected chi connectivity index (χ0v) is 13.1. The summed E-state index contributed by atoms with van der Waals surface area (Å²) >= 11 is 0. The summed E-state index contributed by atoms with van der Waals surface area (Å²) in [6.45, 7) is 3.59. The van der Waals surface area contributed by atoms with Gasteiger partial charge in [-0.2, -0.15) is 5.10 Å². The number of hydrogen-bond acceptors (Lipinski definition) is 4. The number of aromatic nitrogens is 2. The van der Waals surface area contributed by atoms with E-state index in [0.29, 0.717) is 31.6 Å². The number of amides is 2. The number of carbonyl (C=O) groups excluding carboxylic acids is 1. The Balaban J connectivity index is 1.79. The normalized spacial score (nSPS) is 17.6. The van der Waals surface area contributed by atoms with Crippen LogP contribution in [0.15, 0.2) is 12.4 Å². The molecule has 0 radical (unpaired) electrons. The van der Waals surface area contributed by atoms with Crippen LogP contribution in [0.3, 0.4) is 0 Å². The van der Waals surface area contributed by atoms with Gasteiger partial charge in [0.15, 0.2) is 0 Å². The molecule has 0 atom stereocenters. The van der Waals surface area contributed by atoms with Crippen LogP contribution in [-0.4, -0.2) is 53.9 Å². The van der Waals surface area contributed by atoms with Crippen molar-refractivity contribution in [2.45, 2.75) is 32.4 Å². The molecule has 1 aromatic heterocycles. The van der Waals surface area contributed by atoms with E-state index >= 15 is 0 Å². The van der Waals surface area contributed by atoms with E-state index in [0.717, 1.165) is 6.54 Å². The van der Waals surface area contributed by atoms with Crippen LogP contribution in [-0.2, 0) is 16.6 Å². The average Bonchev–Trinajstić information content (AvgIpc) is 2.85. The fourth-order valence-electron chi connectivity index (χ4n) is 2.29. The second-order valence-corrected chi connectivity index (χ2v) is 7.10. The number of aryl methyl sites for hydroxylation is 1. The van der Waals surface area contributed by atoms with Crippen LogP contribution in [0.4, 0.5) is 10.5 Å². The van der Waals surface area contributed by atoms with E-state index in [1.54, 1.807) is 17.1 Å². The van der Waals surface area contributed by atoms with E-state index < -0.39 is 10.0 Å². The Hall–Kier alpha value is -1.61. The van der Waals surface area contributed by atoms with Crippen LogP contribution in [0.1, 0.15) is 19.8 Å². The van der Waals surface area contributed by atoms with Crippen molar-refractivity contribution < 1.29 is 13.2 Å². The molecule has 9 heteroatoms. The lowest BCUT2D eigenvalue weighted by molar-refractivity contribution is 0.238. The van der Waals surface area contributed by atoms with Gasteiger partial charge in [0.1, 0.15) is 0 Å². The first kappa shape index (κ1) is 15.8. The lowest BCUT2D eigenvalue weighted by Gasteiger charge is -2.30. The largest absolute Gasteiger partial charge is 0.335 e. The molecule has 2 amide bonds. The Morgan fingerprint density at radius 1 is 1.43 bits per heavy atom. The van der Waals surface area contributed by atoms with Crippen molar-refractivity contribution in [2.75, 3.05) is 24.7 Å². The molecular weight excluding hydrogens is 294 g/mol. The van der Waals surface area contributed by atoms with E-state index in [2.05, 4.69) is 15.7 Å². The molecule has 0 spiro atoms. The highest BCUT2D eigenvalue weighted by Gasteiger charge is 2.25. The molecule has 1 aliphatic rings. The Bertz CT molecular complexity index is 590. The Kier molecular flexibility index (Phi) is 4.84. The van der Waals surface area contributed by atoms with Crippen LogP contribution in [0.5, 0.6) is 0 Å². The van der Waals surface area contributed by atoms with E-state index in [1.165, 1.54) is 10.6 Å². The summed E-state index contributed by atoms with van der Waals surface area (Å²) < 4.78 is 26.0. The Morgan fingerprint density at radius 3 is 2.62 bits per heavy atom. The van der Waals surface area contributed by atoms with Gasteiger partial charge in [-0.25, -0.2) is 17.5 Å². The second kappa shape index (κ2) is 6.44. The van der Waals surface area contributed by atoms with Crippen LogP contribution >= 0.6 is 0 Å². The quantitative estimate of drug-likeness (QED) is 0.843. The minimum atomic E-state index is -3.13. The topological polar surface area (TPSA) is 96.3 Å². The summed E-state index contributed by atoms with van der Waals surface area (Å²) in [6, 6.07) is -0.298. The molecule has 1 aliphatic heterocycles. The smallest absolute Gasteiger partial charge is 0.319 e. The highest BCUT2D eigenvalue weighted by Crippen LogP contribution is 2.13.